The van der Waals surface area contributed by atoms with Crippen LogP contribution >= 0.6 is 24.8 Å². The van der Waals surface area contributed by atoms with E-state index in [0.29, 0.717) is 5.92 Å². The van der Waals surface area contributed by atoms with E-state index in [2.05, 4.69) is 63.1 Å². The molecule has 1 unspecified atom stereocenters. The first-order valence-corrected chi connectivity index (χ1v) is 7.61. The van der Waals surface area contributed by atoms with Crippen LogP contribution in [0, 0.1) is 18.1 Å². The van der Waals surface area contributed by atoms with Crippen LogP contribution in [0.4, 0.5) is 0 Å². The van der Waals surface area contributed by atoms with E-state index < -0.39 is 0 Å². The summed E-state index contributed by atoms with van der Waals surface area (Å²) in [6.45, 7) is 10.6. The van der Waals surface area contributed by atoms with Crippen LogP contribution in [0.25, 0.3) is 0 Å². The molecule has 0 amide bonds. The van der Waals surface area contributed by atoms with Gasteiger partial charge < -0.3 is 0 Å². The molecule has 0 radical (unpaired) electrons. The second-order valence-corrected chi connectivity index (χ2v) is 4.43. The summed E-state index contributed by atoms with van der Waals surface area (Å²) >= 11 is 1.30. The molecule has 0 aromatic heterocycles. The Kier molecular flexibility index (Phi) is 17.0. The number of hydrogen-bond acceptors (Lipinski definition) is 0. The van der Waals surface area contributed by atoms with Gasteiger partial charge in [0, 0.05) is 0 Å². The molecule has 0 fully saturated rings. The first kappa shape index (κ1) is 24.3. The number of rotatable bonds is 0. The second-order valence-electron chi connectivity index (χ2n) is 4.43. The van der Waals surface area contributed by atoms with Gasteiger partial charge in [-0.2, -0.15) is 11.6 Å². The molecule has 1 atom stereocenters. The predicted octanol–water partition coefficient (Wildman–Crippen LogP) is 5.23. The van der Waals surface area contributed by atoms with Gasteiger partial charge >= 0.3 is 28.4 Å². The molecule has 2 rings (SSSR count). The predicted molar refractivity (Wildman–Crippen MR) is 87.8 cm³/mol. The van der Waals surface area contributed by atoms with Gasteiger partial charge in [0.2, 0.25) is 0 Å². The summed E-state index contributed by atoms with van der Waals surface area (Å²) in [6, 6.07) is 0. The minimum absolute atomic E-state index is 0. The quantitative estimate of drug-likeness (QED) is 0.507. The summed E-state index contributed by atoms with van der Waals surface area (Å²) in [5, 5.41) is 0. The Bertz CT molecular complexity index is 358. The zero-order valence-corrected chi connectivity index (χ0v) is 16.6. The van der Waals surface area contributed by atoms with E-state index in [1.807, 2.05) is 0 Å². The van der Waals surface area contributed by atoms with E-state index in [1.54, 1.807) is 0 Å². The van der Waals surface area contributed by atoms with Crippen LogP contribution in [0.5, 0.6) is 0 Å². The van der Waals surface area contributed by atoms with Crippen LogP contribution < -0.4 is 0 Å². The normalized spacial score (nSPS) is 19.0. The first-order valence-electron chi connectivity index (χ1n) is 5.88. The van der Waals surface area contributed by atoms with Gasteiger partial charge in [-0.05, 0) is 0 Å². The van der Waals surface area contributed by atoms with Crippen LogP contribution in [0.1, 0.15) is 41.0 Å². The van der Waals surface area contributed by atoms with E-state index in [9.17, 15) is 0 Å². The Morgan fingerprint density at radius 3 is 1.79 bits per heavy atom. The van der Waals surface area contributed by atoms with E-state index in [1.165, 1.54) is 46.5 Å². The van der Waals surface area contributed by atoms with Gasteiger partial charge in [-0.25, -0.2) is 22.8 Å². The summed E-state index contributed by atoms with van der Waals surface area (Å²) < 4.78 is 3.34. The van der Waals surface area contributed by atoms with Crippen molar-refractivity contribution in [2.75, 3.05) is 0 Å². The van der Waals surface area contributed by atoms with Crippen LogP contribution in [0.15, 0.2) is 34.4 Å². The number of allylic oxidation sites excluding steroid dienone is 8. The van der Waals surface area contributed by atoms with Crippen molar-refractivity contribution in [3.05, 3.63) is 46.6 Å². The average Bonchev–Trinajstić information content (AvgIpc) is 2.77. The van der Waals surface area contributed by atoms with Gasteiger partial charge in [0.15, 0.2) is 0 Å². The third-order valence-electron chi connectivity index (χ3n) is 2.64. The first-order chi connectivity index (χ1) is 7.99. The SMILES string of the molecule is CC1=[C-]C(C)C=C1C.CC1=[C-]CC(C)=C1.Cl.Cl.[CH2]=[Zr+2]. The molecule has 0 N–H and O–H groups in total. The van der Waals surface area contributed by atoms with Crippen molar-refractivity contribution in [1.82, 2.24) is 0 Å². The maximum absolute atomic E-state index is 3.34. The topological polar surface area (TPSA) is 0 Å². The molecule has 106 valence electrons. The molecule has 0 bridgehead atoms. The number of halogens is 2. The molecular weight excluding hydrogens is 354 g/mol. The van der Waals surface area contributed by atoms with Crippen molar-refractivity contribution in [2.24, 2.45) is 5.92 Å². The molecular formula is C16H24Cl2Zr. The van der Waals surface area contributed by atoms with Crippen molar-refractivity contribution < 1.29 is 24.2 Å². The fraction of sp³-hybridized carbons (Fsp3) is 0.438. The Hall–Kier alpha value is 0.293. The monoisotopic (exact) mass is 376 g/mol. The Morgan fingerprint density at radius 1 is 1.16 bits per heavy atom. The van der Waals surface area contributed by atoms with Crippen LogP contribution in [-0.2, 0) is 24.2 Å². The van der Waals surface area contributed by atoms with Crippen molar-refractivity contribution in [3.8, 4) is 0 Å². The fourth-order valence-electron chi connectivity index (χ4n) is 1.75. The second kappa shape index (κ2) is 13.3. The molecule has 2 aliphatic carbocycles. The molecule has 0 saturated carbocycles. The average molecular weight is 378 g/mol. The van der Waals surface area contributed by atoms with Crippen LogP contribution in [0.3, 0.4) is 0 Å². The molecule has 0 heterocycles. The van der Waals surface area contributed by atoms with Gasteiger partial charge in [0.25, 0.3) is 0 Å². The van der Waals surface area contributed by atoms with E-state index >= 15 is 0 Å². The fourth-order valence-corrected chi connectivity index (χ4v) is 1.75. The molecule has 0 aromatic rings. The van der Waals surface area contributed by atoms with Crippen LogP contribution in [-0.4, -0.2) is 4.21 Å². The Morgan fingerprint density at radius 2 is 1.68 bits per heavy atom. The van der Waals surface area contributed by atoms with E-state index in [4.69, 9.17) is 0 Å². The van der Waals surface area contributed by atoms with Crippen molar-refractivity contribution in [2.45, 2.75) is 41.0 Å². The third kappa shape index (κ3) is 10.7. The Balaban J connectivity index is -0.000000219. The molecule has 0 aromatic carbocycles. The van der Waals surface area contributed by atoms with Gasteiger partial charge in [-0.1, -0.05) is 33.6 Å². The molecule has 0 nitrogen and oxygen atoms in total. The zero-order valence-electron chi connectivity index (χ0n) is 12.5. The molecule has 2 aliphatic rings. The molecule has 0 spiro atoms. The van der Waals surface area contributed by atoms with Gasteiger partial charge in [-0.15, -0.1) is 38.2 Å². The standard InChI is InChI=1S/C8H11.C7H9.CH2.2ClH.Zr/c1-6-4-7(2)8(3)5-6;1-6-3-4-7(2)5-6;;;;/h4,6H,1-3H3;5H,3H2,1-2H3;1H2;2*1H;/q2*-1;;;;+2. The summed E-state index contributed by atoms with van der Waals surface area (Å²) in [5.74, 6) is 0.551. The van der Waals surface area contributed by atoms with Gasteiger partial charge in [-0.3, -0.25) is 12.2 Å². The van der Waals surface area contributed by atoms with E-state index in [-0.39, 0.29) is 24.8 Å². The molecule has 0 aliphatic heterocycles. The van der Waals surface area contributed by atoms with Crippen molar-refractivity contribution in [1.29, 1.82) is 0 Å². The minimum atomic E-state index is 0. The Labute approximate surface area is 146 Å². The summed E-state index contributed by atoms with van der Waals surface area (Å²) in [6.07, 6.45) is 11.9. The third-order valence-corrected chi connectivity index (χ3v) is 2.64. The number of hydrogen-bond donors (Lipinski definition) is 0. The van der Waals surface area contributed by atoms with E-state index in [0.717, 1.165) is 6.42 Å². The maximum atomic E-state index is 3.34. The molecule has 19 heavy (non-hydrogen) atoms. The summed E-state index contributed by atoms with van der Waals surface area (Å²) in [4.78, 5) is 0. The molecule has 3 heteroatoms. The zero-order chi connectivity index (χ0) is 13.4. The van der Waals surface area contributed by atoms with Gasteiger partial charge in [0.1, 0.15) is 0 Å². The molecule has 0 saturated heterocycles. The van der Waals surface area contributed by atoms with Crippen molar-refractivity contribution in [3.63, 3.8) is 0 Å². The summed E-state index contributed by atoms with van der Waals surface area (Å²) in [7, 11) is 0. The van der Waals surface area contributed by atoms with Gasteiger partial charge in [0.05, 0.1) is 0 Å². The van der Waals surface area contributed by atoms with Crippen molar-refractivity contribution >= 4 is 29.0 Å². The summed E-state index contributed by atoms with van der Waals surface area (Å²) in [5.41, 5.74) is 5.42. The van der Waals surface area contributed by atoms with Crippen LogP contribution in [0.2, 0.25) is 0 Å².